The van der Waals surface area contributed by atoms with E-state index in [9.17, 15) is 9.90 Å². The Morgan fingerprint density at radius 3 is 2.74 bits per heavy atom. The summed E-state index contributed by atoms with van der Waals surface area (Å²) in [6.45, 7) is 1.94. The molecule has 1 aromatic heterocycles. The van der Waals surface area contributed by atoms with Crippen LogP contribution < -0.4 is 10.5 Å². The highest BCUT2D eigenvalue weighted by atomic mass is 16.5. The summed E-state index contributed by atoms with van der Waals surface area (Å²) < 4.78 is 7.55. The zero-order valence-electron chi connectivity index (χ0n) is 19.5. The predicted molar refractivity (Wildman–Crippen MR) is 130 cm³/mol. The number of aliphatic hydroxyl groups is 1. The largest absolute Gasteiger partial charge is 0.495 e. The first-order valence-electron chi connectivity index (χ1n) is 11.6. The fourth-order valence-corrected chi connectivity index (χ4v) is 5.33. The SMILES string of the molecule is COc1cc(/C=C2\CC[C@H]3C[C@@H](O)C[C@](N)(c4ccccc4)N3C2=O)ccc1-n1cnc(C)c1. The van der Waals surface area contributed by atoms with Gasteiger partial charge in [-0.05, 0) is 55.5 Å². The number of amides is 1. The Morgan fingerprint density at radius 2 is 2.03 bits per heavy atom. The van der Waals surface area contributed by atoms with E-state index in [-0.39, 0.29) is 11.9 Å². The summed E-state index contributed by atoms with van der Waals surface area (Å²) in [5.41, 5.74) is 10.1. The van der Waals surface area contributed by atoms with Crippen LogP contribution in [-0.2, 0) is 10.5 Å². The minimum atomic E-state index is -1.04. The lowest BCUT2D eigenvalue weighted by molar-refractivity contribution is -0.149. The van der Waals surface area contributed by atoms with E-state index >= 15 is 0 Å². The van der Waals surface area contributed by atoms with Crippen LogP contribution in [0.3, 0.4) is 0 Å². The van der Waals surface area contributed by atoms with Crippen LogP contribution in [0.1, 0.15) is 42.5 Å². The highest BCUT2D eigenvalue weighted by molar-refractivity contribution is 5.99. The van der Waals surface area contributed by atoms with E-state index in [1.54, 1.807) is 13.4 Å². The van der Waals surface area contributed by atoms with E-state index < -0.39 is 11.8 Å². The summed E-state index contributed by atoms with van der Waals surface area (Å²) in [6, 6.07) is 15.4. The number of carbonyl (C=O) groups is 1. The second-order valence-corrected chi connectivity index (χ2v) is 9.27. The Hall–Kier alpha value is -3.42. The van der Waals surface area contributed by atoms with Gasteiger partial charge in [0.25, 0.3) is 5.91 Å². The van der Waals surface area contributed by atoms with E-state index in [4.69, 9.17) is 10.5 Å². The molecule has 2 saturated heterocycles. The average Bonchev–Trinajstić information content (AvgIpc) is 3.27. The molecule has 5 rings (SSSR count). The number of aryl methyl sites for hydroxylation is 1. The third-order valence-electron chi connectivity index (χ3n) is 6.93. The lowest BCUT2D eigenvalue weighted by Gasteiger charge is -2.53. The van der Waals surface area contributed by atoms with Gasteiger partial charge in [-0.15, -0.1) is 0 Å². The van der Waals surface area contributed by atoms with Gasteiger partial charge in [0, 0.05) is 24.2 Å². The van der Waals surface area contributed by atoms with Crippen molar-refractivity contribution < 1.29 is 14.6 Å². The van der Waals surface area contributed by atoms with Gasteiger partial charge in [0.15, 0.2) is 0 Å². The van der Waals surface area contributed by atoms with Gasteiger partial charge in [-0.3, -0.25) is 4.79 Å². The molecule has 176 valence electrons. The molecule has 0 spiro atoms. The molecule has 3 N–H and O–H groups in total. The summed E-state index contributed by atoms with van der Waals surface area (Å²) in [4.78, 5) is 19.9. The summed E-state index contributed by atoms with van der Waals surface area (Å²) in [6.07, 6.45) is 7.37. The smallest absolute Gasteiger partial charge is 0.251 e. The second kappa shape index (κ2) is 8.74. The van der Waals surface area contributed by atoms with Gasteiger partial charge < -0.3 is 25.0 Å². The number of benzene rings is 2. The van der Waals surface area contributed by atoms with Gasteiger partial charge in [0.2, 0.25) is 0 Å². The molecule has 7 heteroatoms. The molecule has 3 aromatic rings. The second-order valence-electron chi connectivity index (χ2n) is 9.27. The zero-order valence-corrected chi connectivity index (χ0v) is 19.5. The molecule has 3 atom stereocenters. The molecular formula is C27H30N4O3. The Bertz CT molecular complexity index is 1240. The Labute approximate surface area is 199 Å². The fraction of sp³-hybridized carbons (Fsp3) is 0.333. The average molecular weight is 459 g/mol. The van der Waals surface area contributed by atoms with Crippen LogP contribution in [0.25, 0.3) is 11.8 Å². The van der Waals surface area contributed by atoms with Gasteiger partial charge >= 0.3 is 0 Å². The number of hydrogen-bond acceptors (Lipinski definition) is 5. The molecule has 3 heterocycles. The number of ether oxygens (including phenoxy) is 1. The molecule has 0 saturated carbocycles. The van der Waals surface area contributed by atoms with Crippen molar-refractivity contribution in [3.05, 3.63) is 83.4 Å². The maximum absolute atomic E-state index is 13.8. The highest BCUT2D eigenvalue weighted by Crippen LogP contribution is 2.42. The molecule has 0 unspecified atom stereocenters. The van der Waals surface area contributed by atoms with Crippen LogP contribution in [0.4, 0.5) is 0 Å². The predicted octanol–water partition coefficient (Wildman–Crippen LogP) is 3.53. The number of piperidine rings is 2. The first-order chi connectivity index (χ1) is 16.4. The quantitative estimate of drug-likeness (QED) is 0.584. The molecule has 0 bridgehead atoms. The van der Waals surface area contributed by atoms with Gasteiger partial charge in [-0.2, -0.15) is 0 Å². The van der Waals surface area contributed by atoms with Crippen molar-refractivity contribution in [1.82, 2.24) is 14.5 Å². The molecule has 2 aliphatic heterocycles. The highest BCUT2D eigenvalue weighted by Gasteiger charge is 2.49. The molecule has 0 radical (unpaired) electrons. The van der Waals surface area contributed by atoms with Crippen LogP contribution in [-0.4, -0.2) is 44.7 Å². The third-order valence-corrected chi connectivity index (χ3v) is 6.93. The Kier molecular flexibility index (Phi) is 5.75. The number of methoxy groups -OCH3 is 1. The van der Waals surface area contributed by atoms with Crippen LogP contribution in [0.2, 0.25) is 0 Å². The summed E-state index contributed by atoms with van der Waals surface area (Å²) in [5, 5.41) is 10.6. The van der Waals surface area contributed by atoms with Gasteiger partial charge in [0.05, 0.1) is 30.9 Å². The van der Waals surface area contributed by atoms with Crippen molar-refractivity contribution in [2.24, 2.45) is 5.73 Å². The summed E-state index contributed by atoms with van der Waals surface area (Å²) in [7, 11) is 1.64. The maximum atomic E-state index is 13.8. The summed E-state index contributed by atoms with van der Waals surface area (Å²) in [5.74, 6) is 0.634. The van der Waals surface area contributed by atoms with Crippen LogP contribution in [0, 0.1) is 6.92 Å². The van der Waals surface area contributed by atoms with E-state index in [0.717, 1.165) is 28.9 Å². The van der Waals surface area contributed by atoms with Crippen molar-refractivity contribution in [1.29, 1.82) is 0 Å². The number of rotatable bonds is 4. The lowest BCUT2D eigenvalue weighted by Crippen LogP contribution is -2.66. The number of imidazole rings is 1. The van der Waals surface area contributed by atoms with Crippen LogP contribution in [0.15, 0.2) is 66.6 Å². The standard InChI is InChI=1S/C27H30N4O3/c1-18-16-30(17-29-18)24-11-8-19(13-25(24)34-2)12-20-9-10-22-14-23(32)15-27(28,31(22)26(20)33)21-6-4-3-5-7-21/h3-8,11-13,16-17,22-23,32H,9-10,14-15,28H2,1-2H3/b20-12+/t22-,23+,27+/m0/s1. The number of aromatic nitrogens is 2. The van der Waals surface area contributed by atoms with Crippen molar-refractivity contribution in [2.45, 2.75) is 50.4 Å². The fourth-order valence-electron chi connectivity index (χ4n) is 5.33. The molecule has 1 amide bonds. The van der Waals surface area contributed by atoms with Crippen molar-refractivity contribution >= 4 is 12.0 Å². The van der Waals surface area contributed by atoms with E-state index in [1.807, 2.05) is 77.2 Å². The molecule has 7 nitrogen and oxygen atoms in total. The number of aliphatic hydroxyl groups excluding tert-OH is 1. The number of fused-ring (bicyclic) bond motifs is 1. The monoisotopic (exact) mass is 458 g/mol. The Morgan fingerprint density at radius 1 is 1.24 bits per heavy atom. The number of carbonyl (C=O) groups excluding carboxylic acids is 1. The lowest BCUT2D eigenvalue weighted by atomic mass is 9.79. The van der Waals surface area contributed by atoms with Gasteiger partial charge in [-0.1, -0.05) is 36.4 Å². The normalized spacial score (nSPS) is 25.9. The number of nitrogens with zero attached hydrogens (tertiary/aromatic N) is 3. The molecule has 34 heavy (non-hydrogen) atoms. The Balaban J connectivity index is 1.49. The minimum absolute atomic E-state index is 0.0669. The number of nitrogens with two attached hydrogens (primary N) is 1. The molecule has 2 fully saturated rings. The van der Waals surface area contributed by atoms with Crippen molar-refractivity contribution in [3.63, 3.8) is 0 Å². The van der Waals surface area contributed by atoms with Crippen LogP contribution in [0.5, 0.6) is 5.75 Å². The van der Waals surface area contributed by atoms with Gasteiger partial charge in [-0.25, -0.2) is 4.98 Å². The topological polar surface area (TPSA) is 93.6 Å². The third kappa shape index (κ3) is 3.91. The van der Waals surface area contributed by atoms with Crippen molar-refractivity contribution in [2.75, 3.05) is 7.11 Å². The van der Waals surface area contributed by atoms with Crippen molar-refractivity contribution in [3.8, 4) is 11.4 Å². The first kappa shape index (κ1) is 22.4. The molecule has 2 aliphatic rings. The number of hydrogen-bond donors (Lipinski definition) is 2. The molecule has 0 aliphatic carbocycles. The molecular weight excluding hydrogens is 428 g/mol. The first-order valence-corrected chi connectivity index (χ1v) is 11.6. The molecule has 2 aromatic carbocycles. The maximum Gasteiger partial charge on any atom is 0.251 e. The van der Waals surface area contributed by atoms with Gasteiger partial charge in [0.1, 0.15) is 11.4 Å². The zero-order chi connectivity index (χ0) is 23.9. The van der Waals surface area contributed by atoms with E-state index in [0.29, 0.717) is 30.6 Å². The van der Waals surface area contributed by atoms with Crippen LogP contribution >= 0.6 is 0 Å². The van der Waals surface area contributed by atoms with E-state index in [2.05, 4.69) is 4.98 Å². The summed E-state index contributed by atoms with van der Waals surface area (Å²) >= 11 is 0. The minimum Gasteiger partial charge on any atom is -0.495 e. The van der Waals surface area contributed by atoms with E-state index in [1.165, 1.54) is 0 Å².